The van der Waals surface area contributed by atoms with Gasteiger partial charge < -0.3 is 19.3 Å². The third kappa shape index (κ3) is 3.67. The molecule has 0 aliphatic carbocycles. The van der Waals surface area contributed by atoms with Gasteiger partial charge in [-0.05, 0) is 25.5 Å². The molecule has 5 heteroatoms. The summed E-state index contributed by atoms with van der Waals surface area (Å²) >= 11 is 0. The Hall–Kier alpha value is -1.30. The van der Waals surface area contributed by atoms with Crippen LogP contribution in [0.5, 0.6) is 11.5 Å². The fourth-order valence-electron chi connectivity index (χ4n) is 2.85. The first kappa shape index (κ1) is 16.1. The Morgan fingerprint density at radius 2 is 1.95 bits per heavy atom. The van der Waals surface area contributed by atoms with Gasteiger partial charge in [0.05, 0.1) is 20.3 Å². The minimum absolute atomic E-state index is 0.550. The van der Waals surface area contributed by atoms with Crippen molar-refractivity contribution in [2.75, 3.05) is 40.5 Å². The number of benzene rings is 1. The first-order chi connectivity index (χ1) is 10.2. The maximum Gasteiger partial charge on any atom is 0.125 e. The monoisotopic (exact) mass is 295 g/mol. The lowest BCUT2D eigenvalue weighted by molar-refractivity contribution is 0.0766. The van der Waals surface area contributed by atoms with Crippen LogP contribution >= 0.6 is 0 Å². The molecule has 0 spiro atoms. The Bertz CT molecular complexity index is 464. The Morgan fingerprint density at radius 3 is 2.62 bits per heavy atom. The zero-order valence-electron chi connectivity index (χ0n) is 13.1. The lowest BCUT2D eigenvalue weighted by atomic mass is 9.95. The van der Waals surface area contributed by atoms with Gasteiger partial charge in [-0.2, -0.15) is 0 Å². The molecule has 0 fully saturated rings. The quantitative estimate of drug-likeness (QED) is 0.780. The van der Waals surface area contributed by atoms with Crippen LogP contribution in [0.3, 0.4) is 0 Å². The summed E-state index contributed by atoms with van der Waals surface area (Å²) in [4.78, 5) is 2.23. The van der Waals surface area contributed by atoms with Gasteiger partial charge >= 0.3 is 0 Å². The normalized spacial score (nSPS) is 18.4. The van der Waals surface area contributed by atoms with Crippen molar-refractivity contribution in [3.8, 4) is 11.5 Å². The van der Waals surface area contributed by atoms with E-state index in [0.29, 0.717) is 6.54 Å². The molecule has 1 unspecified atom stereocenters. The molecule has 5 nitrogen and oxygen atoms in total. The maximum atomic E-state index is 10.5. The largest absolute Gasteiger partial charge is 0.496 e. The van der Waals surface area contributed by atoms with Gasteiger partial charge in [0.2, 0.25) is 0 Å². The number of β-amino-alcohol motifs (C(OH)–C–C–N with tert-alkyl or cyclic N) is 1. The molecule has 0 saturated heterocycles. The lowest BCUT2D eigenvalue weighted by Gasteiger charge is -2.33. The standard InChI is InChI=1S/C16H25NO4/c1-4-21-9-5-8-17-10-12-14(19-2)6-7-15(20-3)16(12)13(18)11-17/h6-7,13,18H,4-5,8-11H2,1-3H3. The maximum absolute atomic E-state index is 10.5. The molecule has 118 valence electrons. The SMILES string of the molecule is CCOCCCN1Cc2c(OC)ccc(OC)c2C(O)C1. The molecule has 1 atom stereocenters. The van der Waals surface area contributed by atoms with Gasteiger partial charge in [0, 0.05) is 44.0 Å². The van der Waals surface area contributed by atoms with Crippen molar-refractivity contribution in [3.63, 3.8) is 0 Å². The minimum atomic E-state index is -0.550. The number of rotatable bonds is 7. The molecule has 21 heavy (non-hydrogen) atoms. The Morgan fingerprint density at radius 1 is 1.24 bits per heavy atom. The van der Waals surface area contributed by atoms with Crippen molar-refractivity contribution in [2.24, 2.45) is 0 Å². The fraction of sp³-hybridized carbons (Fsp3) is 0.625. The van der Waals surface area contributed by atoms with E-state index in [9.17, 15) is 5.11 Å². The van der Waals surface area contributed by atoms with Crippen molar-refractivity contribution in [1.82, 2.24) is 4.90 Å². The van der Waals surface area contributed by atoms with Crippen LogP contribution in [0.25, 0.3) is 0 Å². The molecule has 2 rings (SSSR count). The van der Waals surface area contributed by atoms with E-state index in [0.717, 1.165) is 55.4 Å². The topological polar surface area (TPSA) is 51.2 Å². The highest BCUT2D eigenvalue weighted by Gasteiger charge is 2.29. The van der Waals surface area contributed by atoms with Crippen LogP contribution in [0.15, 0.2) is 12.1 Å². The highest BCUT2D eigenvalue weighted by atomic mass is 16.5. The van der Waals surface area contributed by atoms with E-state index in [1.54, 1.807) is 14.2 Å². The van der Waals surface area contributed by atoms with E-state index in [2.05, 4.69) is 4.90 Å². The van der Waals surface area contributed by atoms with Crippen molar-refractivity contribution >= 4 is 0 Å². The molecular formula is C16H25NO4. The number of fused-ring (bicyclic) bond motifs is 1. The van der Waals surface area contributed by atoms with Gasteiger partial charge in [0.25, 0.3) is 0 Å². The van der Waals surface area contributed by atoms with Gasteiger partial charge in [-0.1, -0.05) is 0 Å². The summed E-state index contributed by atoms with van der Waals surface area (Å²) in [6.07, 6.45) is 0.410. The van der Waals surface area contributed by atoms with Gasteiger partial charge in [-0.25, -0.2) is 0 Å². The van der Waals surface area contributed by atoms with Crippen LogP contribution in [-0.2, 0) is 11.3 Å². The molecule has 0 saturated carbocycles. The lowest BCUT2D eigenvalue weighted by Crippen LogP contribution is -2.35. The molecule has 0 amide bonds. The van der Waals surface area contributed by atoms with E-state index < -0.39 is 6.10 Å². The molecule has 1 aliphatic rings. The highest BCUT2D eigenvalue weighted by Crippen LogP contribution is 2.39. The molecular weight excluding hydrogens is 270 g/mol. The second kappa shape index (κ2) is 7.64. The predicted octanol–water partition coefficient (Wildman–Crippen LogP) is 1.98. The molecule has 1 aromatic rings. The first-order valence-electron chi connectivity index (χ1n) is 7.43. The Balaban J connectivity index is 2.14. The second-order valence-electron chi connectivity index (χ2n) is 5.16. The summed E-state index contributed by atoms with van der Waals surface area (Å²) in [6.45, 7) is 5.78. The Kier molecular flexibility index (Phi) is 5.85. The van der Waals surface area contributed by atoms with E-state index in [1.165, 1.54) is 0 Å². The smallest absolute Gasteiger partial charge is 0.125 e. The van der Waals surface area contributed by atoms with E-state index in [-0.39, 0.29) is 0 Å². The molecule has 0 aromatic heterocycles. The predicted molar refractivity (Wildman–Crippen MR) is 80.9 cm³/mol. The molecule has 1 heterocycles. The van der Waals surface area contributed by atoms with Crippen LogP contribution in [-0.4, -0.2) is 50.5 Å². The van der Waals surface area contributed by atoms with Gasteiger partial charge in [0.15, 0.2) is 0 Å². The van der Waals surface area contributed by atoms with Crippen molar-refractivity contribution in [3.05, 3.63) is 23.3 Å². The van der Waals surface area contributed by atoms with Crippen molar-refractivity contribution < 1.29 is 19.3 Å². The van der Waals surface area contributed by atoms with E-state index in [4.69, 9.17) is 14.2 Å². The van der Waals surface area contributed by atoms with Crippen molar-refractivity contribution in [2.45, 2.75) is 26.0 Å². The summed E-state index contributed by atoms with van der Waals surface area (Å²) in [5, 5.41) is 10.5. The van der Waals surface area contributed by atoms with Crippen LogP contribution in [0.4, 0.5) is 0 Å². The van der Waals surface area contributed by atoms with Gasteiger partial charge in [0.1, 0.15) is 11.5 Å². The average molecular weight is 295 g/mol. The second-order valence-corrected chi connectivity index (χ2v) is 5.16. The number of ether oxygens (including phenoxy) is 3. The molecule has 1 N–H and O–H groups in total. The van der Waals surface area contributed by atoms with E-state index in [1.807, 2.05) is 19.1 Å². The summed E-state index contributed by atoms with van der Waals surface area (Å²) in [7, 11) is 3.28. The Labute approximate surface area is 126 Å². The zero-order valence-corrected chi connectivity index (χ0v) is 13.1. The summed E-state index contributed by atoms with van der Waals surface area (Å²) in [5.41, 5.74) is 1.88. The summed E-state index contributed by atoms with van der Waals surface area (Å²) in [5.74, 6) is 1.53. The third-order valence-corrected chi connectivity index (χ3v) is 3.83. The number of aliphatic hydroxyl groups excluding tert-OH is 1. The average Bonchev–Trinajstić information content (AvgIpc) is 2.50. The van der Waals surface area contributed by atoms with E-state index >= 15 is 0 Å². The first-order valence-corrected chi connectivity index (χ1v) is 7.43. The van der Waals surface area contributed by atoms with Crippen LogP contribution in [0.2, 0.25) is 0 Å². The van der Waals surface area contributed by atoms with Gasteiger partial charge in [-0.15, -0.1) is 0 Å². The number of hydrogen-bond acceptors (Lipinski definition) is 5. The molecule has 1 aliphatic heterocycles. The minimum Gasteiger partial charge on any atom is -0.496 e. The van der Waals surface area contributed by atoms with Crippen LogP contribution < -0.4 is 9.47 Å². The molecule has 0 radical (unpaired) electrons. The number of methoxy groups -OCH3 is 2. The fourth-order valence-corrected chi connectivity index (χ4v) is 2.85. The van der Waals surface area contributed by atoms with Crippen LogP contribution in [0, 0.1) is 0 Å². The zero-order chi connectivity index (χ0) is 15.2. The summed E-state index contributed by atoms with van der Waals surface area (Å²) in [6, 6.07) is 3.75. The van der Waals surface area contributed by atoms with Gasteiger partial charge in [-0.3, -0.25) is 4.90 Å². The molecule has 0 bridgehead atoms. The van der Waals surface area contributed by atoms with Crippen molar-refractivity contribution in [1.29, 1.82) is 0 Å². The number of aliphatic hydroxyl groups is 1. The number of hydrogen-bond donors (Lipinski definition) is 1. The highest BCUT2D eigenvalue weighted by molar-refractivity contribution is 5.51. The van der Waals surface area contributed by atoms with Crippen LogP contribution in [0.1, 0.15) is 30.6 Å². The third-order valence-electron chi connectivity index (χ3n) is 3.83. The molecule has 1 aromatic carbocycles. The summed E-state index contributed by atoms with van der Waals surface area (Å²) < 4.78 is 16.2. The number of nitrogens with zero attached hydrogens (tertiary/aromatic N) is 1.